The first kappa shape index (κ1) is 32.7. The highest BCUT2D eigenvalue weighted by atomic mass is 19.4. The van der Waals surface area contributed by atoms with Crippen LogP contribution in [-0.4, -0.2) is 89.3 Å². The number of rotatable bonds is 7. The Morgan fingerprint density at radius 1 is 0.957 bits per heavy atom. The van der Waals surface area contributed by atoms with Gasteiger partial charge in [-0.3, -0.25) is 19.2 Å². The van der Waals surface area contributed by atoms with Crippen LogP contribution in [0.4, 0.5) is 18.0 Å². The molecule has 15 heteroatoms. The number of carbonyl (C=O) groups is 4. The summed E-state index contributed by atoms with van der Waals surface area (Å²) in [6.07, 6.45) is -5.16. The predicted molar refractivity (Wildman–Crippen MR) is 156 cm³/mol. The van der Waals surface area contributed by atoms with Gasteiger partial charge in [-0.25, -0.2) is 4.79 Å². The topological polar surface area (TPSA) is 130 Å². The Balaban J connectivity index is 1.18. The van der Waals surface area contributed by atoms with E-state index in [1.54, 1.807) is 73.0 Å². The molecule has 3 aliphatic rings. The van der Waals surface area contributed by atoms with Gasteiger partial charge in [0, 0.05) is 32.7 Å². The number of alkyl halides is 3. The van der Waals surface area contributed by atoms with Gasteiger partial charge in [-0.1, -0.05) is 18.2 Å². The SMILES string of the molecule is CC(C)(C)OC(=O)NCC1CCN(C(=NC(=O)C(F)(F)F)N2Cc3ccc(OCCON4C(=O)c5ccccc5C4=O)cc3C2)C1. The maximum absolute atomic E-state index is 13.3. The summed E-state index contributed by atoms with van der Waals surface area (Å²) < 4.78 is 50.8. The van der Waals surface area contributed by atoms with Gasteiger partial charge in [-0.15, -0.1) is 5.06 Å². The summed E-state index contributed by atoms with van der Waals surface area (Å²) in [5.74, 6) is -3.03. The minimum atomic E-state index is -5.13. The standard InChI is InChI=1S/C31H34F3N5O7/c1-30(2,3)46-29(43)35-15-19-10-11-37(16-19)28(36-27(42)31(32,33)34)38-17-20-8-9-22(14-21(20)18-38)44-12-13-45-39-25(40)23-6-4-5-7-24(23)26(39)41/h4-9,14,19H,10-13,15-18H2,1-3H3,(H,35,43). The van der Waals surface area contributed by atoms with Crippen LogP contribution in [0.5, 0.6) is 5.75 Å². The number of nitrogens with one attached hydrogen (secondary N) is 1. The zero-order chi connectivity index (χ0) is 33.2. The molecule has 0 radical (unpaired) electrons. The van der Waals surface area contributed by atoms with E-state index in [2.05, 4.69) is 10.3 Å². The molecule has 2 aromatic carbocycles. The molecule has 3 aliphatic heterocycles. The molecule has 0 spiro atoms. The molecule has 0 bridgehead atoms. The summed E-state index contributed by atoms with van der Waals surface area (Å²) in [5, 5.41) is 3.40. The van der Waals surface area contributed by atoms with E-state index < -0.39 is 35.6 Å². The summed E-state index contributed by atoms with van der Waals surface area (Å²) in [4.78, 5) is 61.0. The molecular formula is C31H34F3N5O7. The third-order valence-electron chi connectivity index (χ3n) is 7.46. The summed E-state index contributed by atoms with van der Waals surface area (Å²) in [6.45, 7) is 6.42. The van der Waals surface area contributed by atoms with Gasteiger partial charge in [0.2, 0.25) is 5.96 Å². The Kier molecular flexibility index (Phi) is 9.24. The van der Waals surface area contributed by atoms with E-state index >= 15 is 0 Å². The Morgan fingerprint density at radius 3 is 2.28 bits per heavy atom. The number of nitrogens with zero attached hydrogens (tertiary/aromatic N) is 4. The molecule has 246 valence electrons. The molecule has 0 aliphatic carbocycles. The number of benzene rings is 2. The molecule has 12 nitrogen and oxygen atoms in total. The first-order valence-corrected chi connectivity index (χ1v) is 14.7. The average molecular weight is 646 g/mol. The fourth-order valence-electron chi connectivity index (χ4n) is 5.39. The number of alkyl carbamates (subject to hydrolysis) is 1. The van der Waals surface area contributed by atoms with Crippen molar-refractivity contribution in [3.63, 3.8) is 0 Å². The molecule has 1 N–H and O–H groups in total. The van der Waals surface area contributed by atoms with E-state index in [9.17, 15) is 32.3 Å². The van der Waals surface area contributed by atoms with Crippen molar-refractivity contribution in [1.82, 2.24) is 20.2 Å². The van der Waals surface area contributed by atoms with Gasteiger partial charge in [0.15, 0.2) is 0 Å². The summed E-state index contributed by atoms with van der Waals surface area (Å²) in [6, 6.07) is 11.6. The van der Waals surface area contributed by atoms with E-state index in [0.29, 0.717) is 23.8 Å². The van der Waals surface area contributed by atoms with E-state index in [1.165, 1.54) is 0 Å². The van der Waals surface area contributed by atoms with Crippen molar-refractivity contribution in [2.45, 2.75) is 52.1 Å². The third-order valence-corrected chi connectivity index (χ3v) is 7.46. The van der Waals surface area contributed by atoms with Gasteiger partial charge < -0.3 is 24.6 Å². The summed E-state index contributed by atoms with van der Waals surface area (Å²) in [5.41, 5.74) is 1.45. The van der Waals surface area contributed by atoms with Crippen molar-refractivity contribution in [2.75, 3.05) is 32.8 Å². The predicted octanol–water partition coefficient (Wildman–Crippen LogP) is 3.90. The lowest BCUT2D eigenvalue weighted by Gasteiger charge is -2.29. The van der Waals surface area contributed by atoms with Crippen LogP contribution in [0.1, 0.15) is 59.0 Å². The van der Waals surface area contributed by atoms with Gasteiger partial charge in [0.25, 0.3) is 11.8 Å². The number of fused-ring (bicyclic) bond motifs is 2. The molecule has 5 rings (SSSR count). The molecule has 0 saturated carbocycles. The van der Waals surface area contributed by atoms with Crippen LogP contribution < -0.4 is 10.1 Å². The van der Waals surface area contributed by atoms with Crippen molar-refractivity contribution < 1.29 is 46.7 Å². The van der Waals surface area contributed by atoms with Crippen molar-refractivity contribution in [3.05, 3.63) is 64.7 Å². The van der Waals surface area contributed by atoms with Crippen LogP contribution in [-0.2, 0) is 27.5 Å². The fourth-order valence-corrected chi connectivity index (χ4v) is 5.39. The van der Waals surface area contributed by atoms with Crippen LogP contribution in [0.2, 0.25) is 0 Å². The number of ether oxygens (including phenoxy) is 2. The number of hydrogen-bond acceptors (Lipinski definition) is 7. The number of likely N-dealkylation sites (tertiary alicyclic amines) is 1. The Labute approximate surface area is 263 Å². The maximum Gasteiger partial charge on any atom is 0.473 e. The molecule has 4 amide bonds. The number of aliphatic imine (C=N–C) groups is 1. The zero-order valence-electron chi connectivity index (χ0n) is 25.6. The Bertz CT molecular complexity index is 1520. The molecule has 2 aromatic rings. The number of amides is 4. The lowest BCUT2D eigenvalue weighted by atomic mass is 10.1. The molecule has 0 aromatic heterocycles. The third kappa shape index (κ3) is 7.58. The molecule has 1 atom stereocenters. The van der Waals surface area contributed by atoms with Crippen molar-refractivity contribution >= 4 is 29.8 Å². The maximum atomic E-state index is 13.3. The van der Waals surface area contributed by atoms with Gasteiger partial charge >= 0.3 is 18.2 Å². The molecule has 1 fully saturated rings. The van der Waals surface area contributed by atoms with Crippen molar-refractivity contribution in [3.8, 4) is 5.75 Å². The number of halogens is 3. The summed E-state index contributed by atoms with van der Waals surface area (Å²) >= 11 is 0. The van der Waals surface area contributed by atoms with Gasteiger partial charge in [0.05, 0.1) is 11.1 Å². The molecular weight excluding hydrogens is 611 g/mol. The lowest BCUT2D eigenvalue weighted by Crippen LogP contribution is -2.43. The van der Waals surface area contributed by atoms with Gasteiger partial charge in [-0.2, -0.15) is 18.2 Å². The lowest BCUT2D eigenvalue weighted by molar-refractivity contribution is -0.169. The minimum absolute atomic E-state index is 0.00912. The van der Waals surface area contributed by atoms with Crippen LogP contribution in [0.3, 0.4) is 0 Å². The average Bonchev–Trinajstić information content (AvgIpc) is 3.69. The fraction of sp³-hybridized carbons (Fsp3) is 0.452. The van der Waals surface area contributed by atoms with Crippen molar-refractivity contribution in [1.29, 1.82) is 0 Å². The van der Waals surface area contributed by atoms with E-state index in [4.69, 9.17) is 14.3 Å². The first-order valence-electron chi connectivity index (χ1n) is 14.7. The number of carbonyl (C=O) groups excluding carboxylic acids is 4. The Hall–Kier alpha value is -4.66. The van der Waals surface area contributed by atoms with Crippen molar-refractivity contribution in [2.24, 2.45) is 10.9 Å². The normalized spacial score (nSPS) is 18.2. The first-order chi connectivity index (χ1) is 21.7. The number of imide groups is 1. The Morgan fingerprint density at radius 2 is 1.63 bits per heavy atom. The summed E-state index contributed by atoms with van der Waals surface area (Å²) in [7, 11) is 0. The van der Waals surface area contributed by atoms with Gasteiger partial charge in [0.1, 0.15) is 24.6 Å². The van der Waals surface area contributed by atoms with E-state index in [1.807, 2.05) is 0 Å². The van der Waals surface area contributed by atoms with Crippen LogP contribution in [0.25, 0.3) is 0 Å². The minimum Gasteiger partial charge on any atom is -0.491 e. The second kappa shape index (κ2) is 13.0. The highest BCUT2D eigenvalue weighted by Gasteiger charge is 2.41. The van der Waals surface area contributed by atoms with Crippen LogP contribution in [0, 0.1) is 5.92 Å². The molecule has 1 unspecified atom stereocenters. The molecule has 1 saturated heterocycles. The van der Waals surface area contributed by atoms with Crippen LogP contribution >= 0.6 is 0 Å². The number of hydroxylamine groups is 2. The second-order valence-electron chi connectivity index (χ2n) is 12.1. The van der Waals surface area contributed by atoms with E-state index in [0.717, 1.165) is 11.1 Å². The number of guanidine groups is 1. The van der Waals surface area contributed by atoms with Crippen LogP contribution in [0.15, 0.2) is 47.5 Å². The monoisotopic (exact) mass is 645 g/mol. The largest absolute Gasteiger partial charge is 0.491 e. The quantitative estimate of drug-likeness (QED) is 0.206. The molecule has 46 heavy (non-hydrogen) atoms. The zero-order valence-corrected chi connectivity index (χ0v) is 25.6. The second-order valence-corrected chi connectivity index (χ2v) is 12.1. The molecule has 3 heterocycles. The highest BCUT2D eigenvalue weighted by molar-refractivity contribution is 6.20. The highest BCUT2D eigenvalue weighted by Crippen LogP contribution is 2.30. The van der Waals surface area contributed by atoms with E-state index in [-0.39, 0.29) is 62.4 Å². The smallest absolute Gasteiger partial charge is 0.473 e. The van der Waals surface area contributed by atoms with Gasteiger partial charge in [-0.05, 0) is 68.5 Å². The number of hydrogen-bond donors (Lipinski definition) is 1.